The molecule has 1 saturated carbocycles. The number of para-hydroxylation sites is 1. The van der Waals surface area contributed by atoms with Gasteiger partial charge in [0, 0.05) is 17.2 Å². The minimum absolute atomic E-state index is 0.0976. The van der Waals surface area contributed by atoms with Gasteiger partial charge in [-0.05, 0) is 24.5 Å². The summed E-state index contributed by atoms with van der Waals surface area (Å²) in [6.45, 7) is 0. The van der Waals surface area contributed by atoms with Crippen molar-refractivity contribution in [1.82, 2.24) is 10.2 Å². The lowest BCUT2D eigenvalue weighted by molar-refractivity contribution is -0.113. The molecule has 0 radical (unpaired) electrons. The lowest BCUT2D eigenvalue weighted by Gasteiger charge is -2.10. The van der Waals surface area contributed by atoms with E-state index in [2.05, 4.69) is 15.5 Å². The summed E-state index contributed by atoms with van der Waals surface area (Å²) in [5.41, 5.74) is 2.86. The van der Waals surface area contributed by atoms with Gasteiger partial charge >= 0.3 is 0 Å². The highest BCUT2D eigenvalue weighted by molar-refractivity contribution is 7.99. The first-order chi connectivity index (χ1) is 12.3. The molecule has 126 valence electrons. The summed E-state index contributed by atoms with van der Waals surface area (Å²) in [6, 6.07) is 17.8. The molecule has 0 atom stereocenters. The Morgan fingerprint density at radius 1 is 1.08 bits per heavy atom. The Bertz CT molecular complexity index is 875. The van der Waals surface area contributed by atoms with E-state index >= 15 is 0 Å². The van der Waals surface area contributed by atoms with Gasteiger partial charge in [0.2, 0.25) is 11.8 Å². The molecule has 6 heteroatoms. The van der Waals surface area contributed by atoms with Gasteiger partial charge in [-0.2, -0.15) is 0 Å². The van der Waals surface area contributed by atoms with Gasteiger partial charge in [0.1, 0.15) is 0 Å². The van der Waals surface area contributed by atoms with Crippen LogP contribution < -0.4 is 5.32 Å². The Morgan fingerprint density at radius 3 is 2.64 bits per heavy atom. The maximum absolute atomic E-state index is 12.3. The summed E-state index contributed by atoms with van der Waals surface area (Å²) in [5.74, 6) is 1.25. The molecule has 1 amide bonds. The molecule has 1 aliphatic rings. The fraction of sp³-hybridized carbons (Fsp3) is 0.211. The van der Waals surface area contributed by atoms with Crippen molar-refractivity contribution in [2.75, 3.05) is 11.1 Å². The summed E-state index contributed by atoms with van der Waals surface area (Å²) in [5, 5.41) is 11.4. The van der Waals surface area contributed by atoms with Crippen LogP contribution in [0.25, 0.3) is 11.1 Å². The number of hydrogen-bond acceptors (Lipinski definition) is 5. The molecule has 0 aliphatic heterocycles. The van der Waals surface area contributed by atoms with E-state index in [4.69, 9.17) is 4.42 Å². The van der Waals surface area contributed by atoms with Crippen molar-refractivity contribution in [2.45, 2.75) is 24.0 Å². The number of carbonyl (C=O) groups is 1. The summed E-state index contributed by atoms with van der Waals surface area (Å²) in [6.07, 6.45) is 2.23. The van der Waals surface area contributed by atoms with Crippen LogP contribution in [-0.4, -0.2) is 21.9 Å². The minimum Gasteiger partial charge on any atom is -0.416 e. The van der Waals surface area contributed by atoms with Crippen LogP contribution in [0.4, 0.5) is 5.69 Å². The zero-order valence-electron chi connectivity index (χ0n) is 13.5. The van der Waals surface area contributed by atoms with E-state index in [1.807, 2.05) is 54.6 Å². The van der Waals surface area contributed by atoms with Gasteiger partial charge in [-0.3, -0.25) is 4.79 Å². The van der Waals surface area contributed by atoms with E-state index in [0.717, 1.165) is 29.7 Å². The second-order valence-corrected chi connectivity index (χ2v) is 6.86. The van der Waals surface area contributed by atoms with Crippen molar-refractivity contribution in [2.24, 2.45) is 0 Å². The van der Waals surface area contributed by atoms with Gasteiger partial charge in [-0.25, -0.2) is 0 Å². The highest BCUT2D eigenvalue weighted by atomic mass is 32.2. The number of hydrogen-bond donors (Lipinski definition) is 1. The molecule has 25 heavy (non-hydrogen) atoms. The quantitative estimate of drug-likeness (QED) is 0.669. The third-order valence-corrected chi connectivity index (χ3v) is 4.78. The number of benzene rings is 2. The van der Waals surface area contributed by atoms with E-state index in [1.165, 1.54) is 11.8 Å². The first-order valence-electron chi connectivity index (χ1n) is 8.20. The number of nitrogens with zero attached hydrogens (tertiary/aromatic N) is 2. The molecule has 1 fully saturated rings. The van der Waals surface area contributed by atoms with Gasteiger partial charge in [0.15, 0.2) is 0 Å². The molecule has 2 aromatic carbocycles. The fourth-order valence-electron chi connectivity index (χ4n) is 2.55. The van der Waals surface area contributed by atoms with Gasteiger partial charge < -0.3 is 9.73 Å². The molecule has 1 aliphatic carbocycles. The average Bonchev–Trinajstić information content (AvgIpc) is 3.39. The molecular formula is C19H17N3O2S. The maximum Gasteiger partial charge on any atom is 0.277 e. The lowest BCUT2D eigenvalue weighted by atomic mass is 10.0. The predicted molar refractivity (Wildman–Crippen MR) is 97.5 cm³/mol. The van der Waals surface area contributed by atoms with Crippen LogP contribution in [0, 0.1) is 0 Å². The Morgan fingerprint density at radius 2 is 1.84 bits per heavy atom. The highest BCUT2D eigenvalue weighted by Gasteiger charge is 2.29. The monoisotopic (exact) mass is 351 g/mol. The van der Waals surface area contributed by atoms with Crippen LogP contribution in [0.1, 0.15) is 24.7 Å². The number of aromatic nitrogens is 2. The molecule has 3 aromatic rings. The average molecular weight is 351 g/mol. The van der Waals surface area contributed by atoms with Crippen molar-refractivity contribution >= 4 is 23.4 Å². The van der Waals surface area contributed by atoms with Crippen LogP contribution in [0.15, 0.2) is 64.2 Å². The normalized spacial score (nSPS) is 13.6. The van der Waals surface area contributed by atoms with E-state index in [-0.39, 0.29) is 11.7 Å². The molecule has 0 bridgehead atoms. The van der Waals surface area contributed by atoms with Gasteiger partial charge in [-0.15, -0.1) is 10.2 Å². The van der Waals surface area contributed by atoms with Crippen LogP contribution >= 0.6 is 11.8 Å². The second kappa shape index (κ2) is 7.11. The van der Waals surface area contributed by atoms with Crippen LogP contribution in [0.5, 0.6) is 0 Å². The molecule has 0 unspecified atom stereocenters. The number of nitrogens with one attached hydrogen (secondary N) is 1. The number of rotatable bonds is 6. The minimum atomic E-state index is -0.0976. The standard InChI is InChI=1S/C19H17N3O2S/c23-17(12-25-19-22-21-18(24-19)14-10-11-14)20-16-9-5-4-8-15(16)13-6-2-1-3-7-13/h1-9,14H,10-12H2,(H,20,23). The van der Waals surface area contributed by atoms with Gasteiger partial charge in [0.05, 0.1) is 5.75 Å². The number of carbonyl (C=O) groups excluding carboxylic acids is 1. The zero-order chi connectivity index (χ0) is 17.1. The Hall–Kier alpha value is -2.60. The van der Waals surface area contributed by atoms with Crippen molar-refractivity contribution in [3.63, 3.8) is 0 Å². The number of anilines is 1. The van der Waals surface area contributed by atoms with Crippen LogP contribution in [-0.2, 0) is 4.79 Å². The smallest absolute Gasteiger partial charge is 0.277 e. The zero-order valence-corrected chi connectivity index (χ0v) is 14.3. The van der Waals surface area contributed by atoms with E-state index < -0.39 is 0 Å². The number of amides is 1. The molecule has 5 nitrogen and oxygen atoms in total. The van der Waals surface area contributed by atoms with Crippen LogP contribution in [0.3, 0.4) is 0 Å². The first-order valence-corrected chi connectivity index (χ1v) is 9.18. The molecule has 1 aromatic heterocycles. The van der Waals surface area contributed by atoms with Gasteiger partial charge in [-0.1, -0.05) is 60.3 Å². The fourth-order valence-corrected chi connectivity index (χ4v) is 3.12. The van der Waals surface area contributed by atoms with Crippen molar-refractivity contribution in [1.29, 1.82) is 0 Å². The summed E-state index contributed by atoms with van der Waals surface area (Å²) >= 11 is 1.26. The van der Waals surface area contributed by atoms with Crippen molar-refractivity contribution < 1.29 is 9.21 Å². The topological polar surface area (TPSA) is 68.0 Å². The van der Waals surface area contributed by atoms with Crippen molar-refractivity contribution in [3.05, 3.63) is 60.5 Å². The summed E-state index contributed by atoms with van der Waals surface area (Å²) in [4.78, 5) is 12.3. The van der Waals surface area contributed by atoms with Gasteiger partial charge in [0.25, 0.3) is 5.22 Å². The maximum atomic E-state index is 12.3. The predicted octanol–water partition coefficient (Wildman–Crippen LogP) is 4.34. The molecular weight excluding hydrogens is 334 g/mol. The Labute approximate surface area is 149 Å². The Balaban J connectivity index is 1.40. The molecule has 1 N–H and O–H groups in total. The highest BCUT2D eigenvalue weighted by Crippen LogP contribution is 2.39. The summed E-state index contributed by atoms with van der Waals surface area (Å²) < 4.78 is 5.56. The molecule has 4 rings (SSSR count). The molecule has 0 saturated heterocycles. The third-order valence-electron chi connectivity index (χ3n) is 3.96. The number of thioether (sulfide) groups is 1. The third kappa shape index (κ3) is 3.91. The second-order valence-electron chi connectivity index (χ2n) is 5.93. The summed E-state index contributed by atoms with van der Waals surface area (Å²) in [7, 11) is 0. The van der Waals surface area contributed by atoms with E-state index in [0.29, 0.717) is 17.0 Å². The largest absolute Gasteiger partial charge is 0.416 e. The first kappa shape index (κ1) is 15.9. The Kier molecular flexibility index (Phi) is 4.52. The van der Waals surface area contributed by atoms with Crippen LogP contribution in [0.2, 0.25) is 0 Å². The lowest BCUT2D eigenvalue weighted by Crippen LogP contribution is -2.14. The van der Waals surface area contributed by atoms with Crippen molar-refractivity contribution in [3.8, 4) is 11.1 Å². The SMILES string of the molecule is O=C(CSc1nnc(C2CC2)o1)Nc1ccccc1-c1ccccc1. The molecule has 0 spiro atoms. The molecule has 1 heterocycles. The van der Waals surface area contributed by atoms with E-state index in [1.54, 1.807) is 0 Å². The van der Waals surface area contributed by atoms with E-state index in [9.17, 15) is 4.79 Å².